The van der Waals surface area contributed by atoms with E-state index in [4.69, 9.17) is 15.3 Å². The maximum Gasteiger partial charge on any atom is 0.394 e. The van der Waals surface area contributed by atoms with Gasteiger partial charge in [0, 0.05) is 12.1 Å². The summed E-state index contributed by atoms with van der Waals surface area (Å²) < 4.78 is 5.41. The summed E-state index contributed by atoms with van der Waals surface area (Å²) in [6.45, 7) is 3.53. The number of nitrogen functional groups attached to an aromatic ring is 1. The van der Waals surface area contributed by atoms with E-state index in [1.807, 2.05) is 26.0 Å². The first kappa shape index (κ1) is 17.9. The number of carbonyl (C=O) groups excluding carboxylic acids is 1. The number of hydrogen-bond acceptors (Lipinski definition) is 5. The molecular weight excluding hydrogens is 326 g/mol. The molecule has 2 aromatic carbocycles. The van der Waals surface area contributed by atoms with E-state index in [9.17, 15) is 14.9 Å². The van der Waals surface area contributed by atoms with Crippen LogP contribution >= 0.6 is 0 Å². The number of nitro groups is 1. The zero-order chi connectivity index (χ0) is 18.4. The summed E-state index contributed by atoms with van der Waals surface area (Å²) in [5, 5.41) is 13.0. The van der Waals surface area contributed by atoms with E-state index < -0.39 is 10.9 Å². The van der Waals surface area contributed by atoms with Gasteiger partial charge in [0.1, 0.15) is 5.75 Å². The van der Waals surface area contributed by atoms with Crippen molar-refractivity contribution in [1.29, 1.82) is 0 Å². The first-order valence-electron chi connectivity index (χ1n) is 7.40. The van der Waals surface area contributed by atoms with Crippen LogP contribution in [0.4, 0.5) is 5.69 Å². The second-order valence-corrected chi connectivity index (χ2v) is 5.28. The van der Waals surface area contributed by atoms with E-state index in [1.54, 1.807) is 12.1 Å². The summed E-state index contributed by atoms with van der Waals surface area (Å²) in [5.74, 6) is -0.120. The van der Waals surface area contributed by atoms with Crippen LogP contribution in [0.2, 0.25) is 0 Å². The highest BCUT2D eigenvalue weighted by Crippen LogP contribution is 2.20. The van der Waals surface area contributed by atoms with Crippen LogP contribution < -0.4 is 15.6 Å². The molecule has 130 valence electrons. The quantitative estimate of drug-likeness (QED) is 0.259. The molecule has 0 aliphatic carbocycles. The fourth-order valence-corrected chi connectivity index (χ4v) is 2.00. The number of nitrogens with one attached hydrogen (secondary N) is 1. The minimum absolute atomic E-state index is 0.0243. The number of aryl methyl sites for hydroxylation is 1. The third-order valence-corrected chi connectivity index (χ3v) is 3.54. The fraction of sp³-hybridized carbons (Fsp3) is 0.176. The summed E-state index contributed by atoms with van der Waals surface area (Å²) >= 11 is 0. The maximum atomic E-state index is 11.7. The van der Waals surface area contributed by atoms with Gasteiger partial charge in [-0.05, 0) is 37.1 Å². The second-order valence-electron chi connectivity index (χ2n) is 5.28. The molecule has 2 aromatic rings. The van der Waals surface area contributed by atoms with Crippen molar-refractivity contribution in [3.63, 3.8) is 0 Å². The van der Waals surface area contributed by atoms with Gasteiger partial charge >= 0.3 is 11.8 Å². The average molecular weight is 344 g/mol. The Hall–Kier alpha value is -3.42. The number of ether oxygens (including phenoxy) is 1. The number of benzene rings is 2. The van der Waals surface area contributed by atoms with Crippen molar-refractivity contribution in [3.05, 3.63) is 69.3 Å². The molecule has 0 saturated carbocycles. The van der Waals surface area contributed by atoms with E-state index in [2.05, 4.69) is 5.16 Å². The normalized spacial score (nSPS) is 11.0. The number of nitrogens with two attached hydrogens (primary N) is 1. The molecular formula is C17H18N3O5+. The minimum Gasteiger partial charge on any atom is -0.481 e. The lowest BCUT2D eigenvalue weighted by Gasteiger charge is -2.08. The molecule has 0 radical (unpaired) electrons. The first-order valence-corrected chi connectivity index (χ1v) is 7.40. The fourth-order valence-electron chi connectivity index (χ4n) is 2.00. The molecule has 8 heteroatoms. The monoisotopic (exact) mass is 344 g/mol. The Morgan fingerprint density at radius 1 is 1.24 bits per heavy atom. The van der Waals surface area contributed by atoms with Crippen LogP contribution in [0.3, 0.4) is 0 Å². The van der Waals surface area contributed by atoms with Gasteiger partial charge in [-0.25, -0.2) is 4.79 Å². The van der Waals surface area contributed by atoms with Gasteiger partial charge in [0.2, 0.25) is 0 Å². The number of hydrogen-bond donors (Lipinski definition) is 2. The van der Waals surface area contributed by atoms with E-state index in [0.29, 0.717) is 11.3 Å². The summed E-state index contributed by atoms with van der Waals surface area (Å²) in [5.41, 5.74) is 7.93. The molecule has 25 heavy (non-hydrogen) atoms. The molecule has 0 aliphatic heterocycles. The van der Waals surface area contributed by atoms with Crippen LogP contribution in [-0.2, 0) is 9.63 Å². The zero-order valence-electron chi connectivity index (χ0n) is 13.8. The van der Waals surface area contributed by atoms with Crippen molar-refractivity contribution in [2.45, 2.75) is 13.8 Å². The maximum absolute atomic E-state index is 11.7. The minimum atomic E-state index is -0.686. The van der Waals surface area contributed by atoms with Crippen LogP contribution in [0.15, 0.2) is 42.5 Å². The lowest BCUT2D eigenvalue weighted by atomic mass is 10.1. The van der Waals surface area contributed by atoms with Crippen LogP contribution in [-0.4, -0.2) is 23.3 Å². The third kappa shape index (κ3) is 4.77. The smallest absolute Gasteiger partial charge is 0.394 e. The van der Waals surface area contributed by atoms with Gasteiger partial charge in [-0.1, -0.05) is 23.4 Å². The van der Waals surface area contributed by atoms with Crippen LogP contribution in [0.1, 0.15) is 16.7 Å². The van der Waals surface area contributed by atoms with Crippen molar-refractivity contribution < 1.29 is 24.4 Å². The highest BCUT2D eigenvalue weighted by atomic mass is 16.7. The average Bonchev–Trinajstić information content (AvgIpc) is 2.61. The zero-order valence-corrected chi connectivity index (χ0v) is 13.8. The van der Waals surface area contributed by atoms with Crippen molar-refractivity contribution in [2.24, 2.45) is 5.73 Å². The molecule has 0 spiro atoms. The van der Waals surface area contributed by atoms with E-state index in [0.717, 1.165) is 11.1 Å². The van der Waals surface area contributed by atoms with E-state index in [-0.39, 0.29) is 18.1 Å². The largest absolute Gasteiger partial charge is 0.481 e. The Morgan fingerprint density at radius 3 is 2.68 bits per heavy atom. The van der Waals surface area contributed by atoms with Gasteiger partial charge in [-0.3, -0.25) is 20.7 Å². The molecule has 0 saturated heterocycles. The van der Waals surface area contributed by atoms with Gasteiger partial charge in [0.05, 0.1) is 10.5 Å². The highest BCUT2D eigenvalue weighted by Gasteiger charge is 2.13. The van der Waals surface area contributed by atoms with Crippen molar-refractivity contribution in [2.75, 3.05) is 6.61 Å². The van der Waals surface area contributed by atoms with Crippen LogP contribution in [0.5, 0.6) is 5.75 Å². The number of non-ortho nitro benzene ring substituents is 1. The Morgan fingerprint density at radius 2 is 1.96 bits per heavy atom. The number of nitrogens with zero attached hydrogens (tertiary/aromatic N) is 1. The number of nitro benzene ring substituents is 1. The van der Waals surface area contributed by atoms with Gasteiger partial charge in [-0.2, -0.15) is 0 Å². The van der Waals surface area contributed by atoms with Crippen molar-refractivity contribution >= 4 is 17.5 Å². The molecule has 0 aliphatic rings. The Bertz CT molecular complexity index is 833. The van der Waals surface area contributed by atoms with E-state index in [1.165, 1.54) is 18.2 Å². The predicted octanol–water partition coefficient (Wildman–Crippen LogP) is 0.535. The summed E-state index contributed by atoms with van der Waals surface area (Å²) in [6.07, 6.45) is 0. The van der Waals surface area contributed by atoms with Crippen molar-refractivity contribution in [1.82, 2.24) is 0 Å². The lowest BCUT2D eigenvalue weighted by molar-refractivity contribution is -0.724. The number of carbonyl (C=O) groups is 1. The van der Waals surface area contributed by atoms with Crippen LogP contribution in [0, 0.1) is 24.0 Å². The molecule has 8 nitrogen and oxygen atoms in total. The Kier molecular flexibility index (Phi) is 5.67. The molecule has 0 aromatic heterocycles. The van der Waals surface area contributed by atoms with Gasteiger partial charge in [0.15, 0.2) is 6.61 Å². The highest BCUT2D eigenvalue weighted by molar-refractivity contribution is 5.93. The Balaban J connectivity index is 1.96. The third-order valence-electron chi connectivity index (χ3n) is 3.54. The topological polar surface area (TPSA) is 119 Å². The van der Waals surface area contributed by atoms with Gasteiger partial charge in [0.25, 0.3) is 5.69 Å². The molecule has 2 rings (SSSR count). The molecule has 0 atom stereocenters. The van der Waals surface area contributed by atoms with Crippen LogP contribution in [0.25, 0.3) is 0 Å². The lowest BCUT2D eigenvalue weighted by Crippen LogP contribution is -2.76. The SMILES string of the molecule is Cc1cccc(OCC(=O)O[NH+]=C(N)c2cccc([N+](=O)[O-])c2)c1C. The summed E-state index contributed by atoms with van der Waals surface area (Å²) in [7, 11) is 0. The molecule has 3 N–H and O–H groups in total. The standard InChI is InChI=1S/C17H17N3O5/c1-11-5-3-8-15(12(11)2)24-10-16(21)25-19-17(18)13-6-4-7-14(9-13)20(22)23/h3-9H,10H2,1-2H3,(H2,18,19)/p+1. The number of rotatable bonds is 6. The van der Waals surface area contributed by atoms with E-state index >= 15 is 0 Å². The van der Waals surface area contributed by atoms with Gasteiger partial charge in [-0.15, -0.1) is 0 Å². The second kappa shape index (κ2) is 7.91. The van der Waals surface area contributed by atoms with Crippen molar-refractivity contribution in [3.8, 4) is 5.75 Å². The number of amidine groups is 1. The molecule has 0 fully saturated rings. The molecule has 0 bridgehead atoms. The summed E-state index contributed by atoms with van der Waals surface area (Å²) in [6, 6.07) is 11.2. The summed E-state index contributed by atoms with van der Waals surface area (Å²) in [4.78, 5) is 26.7. The predicted molar refractivity (Wildman–Crippen MR) is 89.9 cm³/mol. The Labute approximate surface area is 144 Å². The molecule has 0 amide bonds. The molecule has 0 heterocycles. The first-order chi connectivity index (χ1) is 11.9. The van der Waals surface area contributed by atoms with Gasteiger partial charge < -0.3 is 4.74 Å². The molecule has 0 unspecified atom stereocenters.